The van der Waals surface area contributed by atoms with Crippen LogP contribution in [-0.4, -0.2) is 43.1 Å². The average Bonchev–Trinajstić information content (AvgIpc) is 2.41. The number of nitrogens with one attached hydrogen (secondary N) is 1. The molecule has 1 N–H and O–H groups in total. The highest BCUT2D eigenvalue weighted by atomic mass is 15.5. The Morgan fingerprint density at radius 1 is 1.28 bits per heavy atom. The molecule has 1 aromatic rings. The van der Waals surface area contributed by atoms with Crippen LogP contribution in [0.4, 0.5) is 5.69 Å². The first-order chi connectivity index (χ1) is 8.72. The number of aryl methyl sites for hydroxylation is 1. The second kappa shape index (κ2) is 5.85. The second-order valence-electron chi connectivity index (χ2n) is 4.74. The van der Waals surface area contributed by atoms with E-state index in [4.69, 9.17) is 5.26 Å². The minimum Gasteiger partial charge on any atom is -0.319 e. The summed E-state index contributed by atoms with van der Waals surface area (Å²) in [6.07, 6.45) is 0.936. The zero-order chi connectivity index (χ0) is 13.0. The zero-order valence-corrected chi connectivity index (χ0v) is 11.1. The number of hydrazine groups is 1. The number of anilines is 1. The van der Waals surface area contributed by atoms with E-state index in [0.29, 0.717) is 0 Å². The molecule has 18 heavy (non-hydrogen) atoms. The Hall–Kier alpha value is -1.57. The van der Waals surface area contributed by atoms with E-state index in [1.807, 2.05) is 18.2 Å². The third-order valence-corrected chi connectivity index (χ3v) is 3.40. The topological polar surface area (TPSA) is 42.3 Å². The van der Waals surface area contributed by atoms with Crippen LogP contribution in [-0.2, 0) is 6.42 Å². The summed E-state index contributed by atoms with van der Waals surface area (Å²) in [6.45, 7) is 6.35. The average molecular weight is 244 g/mol. The van der Waals surface area contributed by atoms with E-state index in [1.165, 1.54) is 5.56 Å². The summed E-state index contributed by atoms with van der Waals surface area (Å²) in [5.41, 5.74) is 6.53. The molecular formula is C14H20N4. The van der Waals surface area contributed by atoms with Crippen LogP contribution in [0.1, 0.15) is 18.1 Å². The van der Waals surface area contributed by atoms with Gasteiger partial charge in [-0.3, -0.25) is 0 Å². The lowest BCUT2D eigenvalue weighted by Crippen LogP contribution is -2.47. The molecule has 1 heterocycles. The van der Waals surface area contributed by atoms with Crippen LogP contribution in [0.15, 0.2) is 18.2 Å². The third-order valence-electron chi connectivity index (χ3n) is 3.40. The van der Waals surface area contributed by atoms with E-state index in [1.54, 1.807) is 0 Å². The summed E-state index contributed by atoms with van der Waals surface area (Å²) in [5, 5.41) is 11.2. The Kier molecular flexibility index (Phi) is 4.19. The van der Waals surface area contributed by atoms with Gasteiger partial charge in [-0.05, 0) is 37.2 Å². The van der Waals surface area contributed by atoms with Crippen molar-refractivity contribution in [3.8, 4) is 6.07 Å². The summed E-state index contributed by atoms with van der Waals surface area (Å²) in [5.74, 6) is 0. The predicted molar refractivity (Wildman–Crippen MR) is 73.2 cm³/mol. The van der Waals surface area contributed by atoms with Gasteiger partial charge in [-0.1, -0.05) is 6.92 Å². The van der Waals surface area contributed by atoms with Gasteiger partial charge in [-0.15, -0.1) is 0 Å². The van der Waals surface area contributed by atoms with Crippen molar-refractivity contribution in [2.24, 2.45) is 0 Å². The fourth-order valence-corrected chi connectivity index (χ4v) is 2.15. The van der Waals surface area contributed by atoms with Crippen molar-refractivity contribution in [2.75, 3.05) is 38.7 Å². The van der Waals surface area contributed by atoms with Crippen molar-refractivity contribution < 1.29 is 0 Å². The molecule has 1 aromatic carbocycles. The zero-order valence-electron chi connectivity index (χ0n) is 11.1. The van der Waals surface area contributed by atoms with Crippen LogP contribution in [0.2, 0.25) is 0 Å². The van der Waals surface area contributed by atoms with E-state index in [9.17, 15) is 0 Å². The minimum absolute atomic E-state index is 0.732. The molecule has 1 fully saturated rings. The SMILES string of the molecule is CCc1cc(C#N)ccc1NN1CCN(C)CC1. The fraction of sp³-hybridized carbons (Fsp3) is 0.500. The van der Waals surface area contributed by atoms with Gasteiger partial charge < -0.3 is 10.3 Å². The molecule has 0 aromatic heterocycles. The number of nitrogens with zero attached hydrogens (tertiary/aromatic N) is 3. The summed E-state index contributed by atoms with van der Waals surface area (Å²) in [7, 11) is 2.15. The van der Waals surface area contributed by atoms with E-state index >= 15 is 0 Å². The number of hydrogen-bond donors (Lipinski definition) is 1. The van der Waals surface area contributed by atoms with Crippen LogP contribution >= 0.6 is 0 Å². The van der Waals surface area contributed by atoms with Gasteiger partial charge in [0.1, 0.15) is 0 Å². The monoisotopic (exact) mass is 244 g/mol. The molecule has 1 aliphatic rings. The molecule has 0 amide bonds. The molecule has 0 atom stereocenters. The molecule has 0 spiro atoms. The van der Waals surface area contributed by atoms with E-state index in [2.05, 4.69) is 35.4 Å². The molecule has 0 aliphatic carbocycles. The summed E-state index contributed by atoms with van der Waals surface area (Å²) >= 11 is 0. The van der Waals surface area contributed by atoms with Crippen LogP contribution in [0.3, 0.4) is 0 Å². The van der Waals surface area contributed by atoms with E-state index in [-0.39, 0.29) is 0 Å². The van der Waals surface area contributed by atoms with Crippen LogP contribution in [0.5, 0.6) is 0 Å². The molecule has 4 nitrogen and oxygen atoms in total. The maximum atomic E-state index is 8.91. The lowest BCUT2D eigenvalue weighted by molar-refractivity contribution is 0.179. The number of nitriles is 1. The van der Waals surface area contributed by atoms with Crippen molar-refractivity contribution in [1.82, 2.24) is 9.91 Å². The molecule has 0 saturated carbocycles. The first kappa shape index (κ1) is 12.9. The molecule has 0 unspecified atom stereocenters. The van der Waals surface area contributed by atoms with E-state index < -0.39 is 0 Å². The second-order valence-corrected chi connectivity index (χ2v) is 4.74. The predicted octanol–water partition coefficient (Wildman–Crippen LogP) is 1.69. The molecule has 96 valence electrons. The summed E-state index contributed by atoms with van der Waals surface area (Å²) < 4.78 is 0. The molecule has 1 saturated heterocycles. The van der Waals surface area contributed by atoms with Crippen LogP contribution < -0.4 is 5.43 Å². The van der Waals surface area contributed by atoms with Gasteiger partial charge in [0.2, 0.25) is 0 Å². The Morgan fingerprint density at radius 3 is 2.61 bits per heavy atom. The lowest BCUT2D eigenvalue weighted by atomic mass is 10.1. The largest absolute Gasteiger partial charge is 0.319 e. The number of rotatable bonds is 3. The molecule has 2 rings (SSSR count). The molecule has 4 heteroatoms. The summed E-state index contributed by atoms with van der Waals surface area (Å²) in [4.78, 5) is 2.33. The fourth-order valence-electron chi connectivity index (χ4n) is 2.15. The molecule has 0 radical (unpaired) electrons. The van der Waals surface area contributed by atoms with Gasteiger partial charge in [-0.2, -0.15) is 5.26 Å². The minimum atomic E-state index is 0.732. The van der Waals surface area contributed by atoms with Gasteiger partial charge in [0.05, 0.1) is 17.3 Å². The Labute approximate surface area is 109 Å². The van der Waals surface area contributed by atoms with Gasteiger partial charge >= 0.3 is 0 Å². The van der Waals surface area contributed by atoms with Gasteiger partial charge in [0.25, 0.3) is 0 Å². The Bertz CT molecular complexity index is 442. The van der Waals surface area contributed by atoms with Gasteiger partial charge in [0, 0.05) is 26.2 Å². The van der Waals surface area contributed by atoms with Crippen molar-refractivity contribution in [3.05, 3.63) is 29.3 Å². The van der Waals surface area contributed by atoms with E-state index in [0.717, 1.165) is 43.9 Å². The van der Waals surface area contributed by atoms with Crippen molar-refractivity contribution in [2.45, 2.75) is 13.3 Å². The molecule has 0 bridgehead atoms. The highest BCUT2D eigenvalue weighted by Crippen LogP contribution is 2.19. The van der Waals surface area contributed by atoms with Crippen LogP contribution in [0.25, 0.3) is 0 Å². The van der Waals surface area contributed by atoms with Crippen molar-refractivity contribution >= 4 is 5.69 Å². The molecule has 1 aliphatic heterocycles. The molecular weight excluding hydrogens is 224 g/mol. The normalized spacial score (nSPS) is 17.4. The van der Waals surface area contributed by atoms with Crippen molar-refractivity contribution in [3.63, 3.8) is 0 Å². The number of hydrogen-bond acceptors (Lipinski definition) is 4. The first-order valence-electron chi connectivity index (χ1n) is 6.46. The van der Waals surface area contributed by atoms with Gasteiger partial charge in [-0.25, -0.2) is 5.01 Å². The Balaban J connectivity index is 2.07. The highest BCUT2D eigenvalue weighted by molar-refractivity contribution is 5.54. The summed E-state index contributed by atoms with van der Waals surface area (Å²) in [6, 6.07) is 8.04. The first-order valence-corrected chi connectivity index (χ1v) is 6.46. The van der Waals surface area contributed by atoms with Crippen LogP contribution in [0, 0.1) is 11.3 Å². The number of benzene rings is 1. The third kappa shape index (κ3) is 3.00. The maximum Gasteiger partial charge on any atom is 0.0991 e. The standard InChI is InChI=1S/C14H20N4/c1-3-13-10-12(11-15)4-5-14(13)16-18-8-6-17(2)7-9-18/h4-5,10,16H,3,6-9H2,1-2H3. The highest BCUT2D eigenvalue weighted by Gasteiger charge is 2.14. The lowest BCUT2D eigenvalue weighted by Gasteiger charge is -2.33. The quantitative estimate of drug-likeness (QED) is 0.878. The number of piperazine rings is 1. The number of likely N-dealkylation sites (N-methyl/N-ethyl adjacent to an activating group) is 1. The van der Waals surface area contributed by atoms with Gasteiger partial charge in [0.15, 0.2) is 0 Å². The smallest absolute Gasteiger partial charge is 0.0991 e. The Morgan fingerprint density at radius 2 is 2.00 bits per heavy atom. The maximum absolute atomic E-state index is 8.91. The van der Waals surface area contributed by atoms with Crippen molar-refractivity contribution in [1.29, 1.82) is 5.26 Å².